The Balaban J connectivity index is 1.31. The van der Waals surface area contributed by atoms with Gasteiger partial charge in [0, 0.05) is 13.1 Å². The fourth-order valence-electron chi connectivity index (χ4n) is 3.60. The maximum Gasteiger partial charge on any atom is 0.407 e. The monoisotopic (exact) mass is 487 g/mol. The molecule has 4 aromatic rings. The van der Waals surface area contributed by atoms with Crippen LogP contribution in [0, 0.1) is 0 Å². The molecule has 0 fully saturated rings. The molecule has 35 heavy (non-hydrogen) atoms. The third-order valence-corrected chi connectivity index (χ3v) is 6.19. The molecule has 0 radical (unpaired) electrons. The Morgan fingerprint density at radius 3 is 2.29 bits per heavy atom. The number of fused-ring (bicyclic) bond motifs is 1. The normalized spacial score (nSPS) is 11.3. The summed E-state index contributed by atoms with van der Waals surface area (Å²) in [7, 11) is 0. The quantitative estimate of drug-likeness (QED) is 0.343. The maximum atomic E-state index is 12.6. The van der Waals surface area contributed by atoms with E-state index in [-0.39, 0.29) is 12.3 Å². The van der Waals surface area contributed by atoms with Gasteiger partial charge in [-0.3, -0.25) is 4.79 Å². The van der Waals surface area contributed by atoms with Crippen molar-refractivity contribution in [2.45, 2.75) is 45.9 Å². The highest BCUT2D eigenvalue weighted by Gasteiger charge is 2.16. The summed E-state index contributed by atoms with van der Waals surface area (Å²) in [6, 6.07) is 24.1. The van der Waals surface area contributed by atoms with Gasteiger partial charge in [0.15, 0.2) is 0 Å². The zero-order valence-corrected chi connectivity index (χ0v) is 20.9. The van der Waals surface area contributed by atoms with Gasteiger partial charge in [0.05, 0.1) is 16.6 Å². The Hall–Kier alpha value is -3.71. The minimum atomic E-state index is -0.538. The molecule has 0 saturated heterocycles. The van der Waals surface area contributed by atoms with E-state index in [1.165, 1.54) is 0 Å². The third-order valence-electron chi connectivity index (χ3n) is 5.17. The first-order valence-corrected chi connectivity index (χ1v) is 12.3. The fourth-order valence-corrected chi connectivity index (χ4v) is 4.60. The molecule has 1 aromatic heterocycles. The molecule has 0 spiro atoms. The molecule has 0 unspecified atom stereocenters. The Morgan fingerprint density at radius 1 is 0.857 bits per heavy atom. The zero-order chi connectivity index (χ0) is 24.8. The van der Waals surface area contributed by atoms with Gasteiger partial charge in [-0.15, -0.1) is 11.3 Å². The lowest BCUT2D eigenvalue weighted by Crippen LogP contribution is -2.32. The summed E-state index contributed by atoms with van der Waals surface area (Å²) in [6.07, 6.45) is -0.220. The van der Waals surface area contributed by atoms with Gasteiger partial charge in [0.2, 0.25) is 5.91 Å². The predicted octanol–water partition coefficient (Wildman–Crippen LogP) is 5.85. The molecule has 7 heteroatoms. The van der Waals surface area contributed by atoms with E-state index in [1.807, 2.05) is 69.3 Å². The molecule has 4 rings (SSSR count). The van der Waals surface area contributed by atoms with E-state index in [0.29, 0.717) is 13.1 Å². The van der Waals surface area contributed by atoms with Crippen molar-refractivity contribution >= 4 is 33.6 Å². The Morgan fingerprint density at radius 2 is 1.57 bits per heavy atom. The molecule has 0 aliphatic carbocycles. The molecule has 6 nitrogen and oxygen atoms in total. The van der Waals surface area contributed by atoms with Crippen molar-refractivity contribution in [1.29, 1.82) is 0 Å². The number of nitrogens with zero attached hydrogens (tertiary/aromatic N) is 1. The molecule has 3 aromatic carbocycles. The molecule has 0 aliphatic rings. The van der Waals surface area contributed by atoms with Crippen molar-refractivity contribution < 1.29 is 14.3 Å². The maximum absolute atomic E-state index is 12.6. The summed E-state index contributed by atoms with van der Waals surface area (Å²) in [5.74, 6) is -0.0791. The van der Waals surface area contributed by atoms with Crippen molar-refractivity contribution in [2.75, 3.05) is 0 Å². The summed E-state index contributed by atoms with van der Waals surface area (Å²) in [6.45, 7) is 6.24. The molecular weight excluding hydrogens is 458 g/mol. The number of hydrogen-bond acceptors (Lipinski definition) is 5. The number of thiazole rings is 1. The second-order valence-electron chi connectivity index (χ2n) is 9.29. The van der Waals surface area contributed by atoms with E-state index >= 15 is 0 Å². The second-order valence-corrected chi connectivity index (χ2v) is 10.4. The molecule has 0 atom stereocenters. The van der Waals surface area contributed by atoms with Crippen LogP contribution < -0.4 is 10.6 Å². The van der Waals surface area contributed by atoms with Crippen LogP contribution >= 0.6 is 11.3 Å². The van der Waals surface area contributed by atoms with Crippen LogP contribution in [-0.4, -0.2) is 22.6 Å². The standard InChI is InChI=1S/C28H29N3O3S/c1-28(2,3)34-27(33)30-18-20-9-7-8-19(14-20)17-29-25(32)16-26-31-23-13-12-22(15-24(23)35-26)21-10-5-4-6-11-21/h4-15H,16-18H2,1-3H3,(H,29,32)(H,30,33). The summed E-state index contributed by atoms with van der Waals surface area (Å²) < 4.78 is 6.33. The highest BCUT2D eigenvalue weighted by molar-refractivity contribution is 7.18. The van der Waals surface area contributed by atoms with Crippen LogP contribution in [0.2, 0.25) is 0 Å². The van der Waals surface area contributed by atoms with Crippen LogP contribution in [0.15, 0.2) is 72.8 Å². The Kier molecular flexibility index (Phi) is 7.46. The first kappa shape index (κ1) is 24.4. The van der Waals surface area contributed by atoms with Crippen LogP contribution in [0.1, 0.15) is 36.9 Å². The van der Waals surface area contributed by atoms with Gasteiger partial charge in [0.1, 0.15) is 10.6 Å². The van der Waals surface area contributed by atoms with E-state index in [4.69, 9.17) is 4.74 Å². The first-order chi connectivity index (χ1) is 16.7. The number of ether oxygens (including phenoxy) is 1. The number of alkyl carbamates (subject to hydrolysis) is 1. The SMILES string of the molecule is CC(C)(C)OC(=O)NCc1cccc(CNC(=O)Cc2nc3ccc(-c4ccccc4)cc3s2)c1. The highest BCUT2D eigenvalue weighted by atomic mass is 32.1. The topological polar surface area (TPSA) is 80.3 Å². The van der Waals surface area contributed by atoms with Crippen LogP contribution in [-0.2, 0) is 29.0 Å². The average Bonchev–Trinajstić information content (AvgIpc) is 3.22. The predicted molar refractivity (Wildman–Crippen MR) is 140 cm³/mol. The summed E-state index contributed by atoms with van der Waals surface area (Å²) in [5.41, 5.74) is 4.55. The summed E-state index contributed by atoms with van der Waals surface area (Å²) in [4.78, 5) is 29.1. The van der Waals surface area contributed by atoms with E-state index in [9.17, 15) is 9.59 Å². The van der Waals surface area contributed by atoms with Crippen LogP contribution in [0.3, 0.4) is 0 Å². The van der Waals surface area contributed by atoms with Gasteiger partial charge >= 0.3 is 6.09 Å². The van der Waals surface area contributed by atoms with Crippen LogP contribution in [0.5, 0.6) is 0 Å². The van der Waals surface area contributed by atoms with Crippen LogP contribution in [0.4, 0.5) is 4.79 Å². The van der Waals surface area contributed by atoms with Gasteiger partial charge in [-0.05, 0) is 55.2 Å². The number of amides is 2. The van der Waals surface area contributed by atoms with E-state index in [2.05, 4.69) is 39.9 Å². The van der Waals surface area contributed by atoms with Gasteiger partial charge < -0.3 is 15.4 Å². The first-order valence-electron chi connectivity index (χ1n) is 11.5. The molecular formula is C28H29N3O3S. The Bertz CT molecular complexity index is 1330. The highest BCUT2D eigenvalue weighted by Crippen LogP contribution is 2.28. The van der Waals surface area contributed by atoms with E-state index < -0.39 is 11.7 Å². The van der Waals surface area contributed by atoms with E-state index in [1.54, 1.807) is 11.3 Å². The number of hydrogen-bond donors (Lipinski definition) is 2. The van der Waals surface area contributed by atoms with Gasteiger partial charge in [0.25, 0.3) is 0 Å². The number of nitrogens with one attached hydrogen (secondary N) is 2. The fraction of sp³-hybridized carbons (Fsp3) is 0.250. The number of benzene rings is 3. The lowest BCUT2D eigenvalue weighted by atomic mass is 10.1. The Labute approximate surface area is 209 Å². The molecule has 0 aliphatic heterocycles. The largest absolute Gasteiger partial charge is 0.444 e. The van der Waals surface area contributed by atoms with E-state index in [0.717, 1.165) is 37.5 Å². The van der Waals surface area contributed by atoms with Crippen molar-refractivity contribution in [3.8, 4) is 11.1 Å². The molecule has 0 saturated carbocycles. The molecule has 0 bridgehead atoms. The zero-order valence-electron chi connectivity index (χ0n) is 20.1. The van der Waals surface area contributed by atoms with Gasteiger partial charge in [-0.25, -0.2) is 9.78 Å². The third kappa shape index (κ3) is 7.13. The average molecular weight is 488 g/mol. The smallest absolute Gasteiger partial charge is 0.407 e. The molecule has 2 amide bonds. The number of rotatable bonds is 7. The van der Waals surface area contributed by atoms with Crippen molar-refractivity contribution in [1.82, 2.24) is 15.6 Å². The van der Waals surface area contributed by atoms with Crippen molar-refractivity contribution in [2.24, 2.45) is 0 Å². The van der Waals surface area contributed by atoms with Crippen LogP contribution in [0.25, 0.3) is 21.3 Å². The molecule has 1 heterocycles. The summed E-state index contributed by atoms with van der Waals surface area (Å²) >= 11 is 1.55. The van der Waals surface area contributed by atoms with Gasteiger partial charge in [-0.1, -0.05) is 60.7 Å². The molecule has 180 valence electrons. The van der Waals surface area contributed by atoms with Crippen molar-refractivity contribution in [3.63, 3.8) is 0 Å². The second kappa shape index (κ2) is 10.7. The summed E-state index contributed by atoms with van der Waals surface area (Å²) in [5, 5.41) is 6.51. The van der Waals surface area contributed by atoms with Crippen molar-refractivity contribution in [3.05, 3.63) is 88.9 Å². The number of carbonyl (C=O) groups excluding carboxylic acids is 2. The lowest BCUT2D eigenvalue weighted by Gasteiger charge is -2.19. The lowest BCUT2D eigenvalue weighted by molar-refractivity contribution is -0.120. The minimum Gasteiger partial charge on any atom is -0.444 e. The number of carbonyl (C=O) groups is 2. The van der Waals surface area contributed by atoms with Gasteiger partial charge in [-0.2, -0.15) is 0 Å². The molecule has 2 N–H and O–H groups in total. The number of aromatic nitrogens is 1. The minimum absolute atomic E-state index is 0.0791.